The highest BCUT2D eigenvalue weighted by Gasteiger charge is 2.38. The first-order chi connectivity index (χ1) is 9.79. The predicted octanol–water partition coefficient (Wildman–Crippen LogP) is 0.797. The molecule has 1 aliphatic carbocycles. The molecule has 1 unspecified atom stereocenters. The standard InChI is InChI=1S/C14H25N3O4/c1-10(12(20)15-2)9-17(3)13(21)16-14(8-11(18)19)6-4-5-7-14/h10H,4-9H2,1-3H3,(H,15,20)(H,16,21)(H,18,19). The highest BCUT2D eigenvalue weighted by atomic mass is 16.4. The maximum Gasteiger partial charge on any atom is 0.317 e. The molecule has 0 saturated heterocycles. The Kier molecular flexibility index (Phi) is 5.99. The van der Waals surface area contributed by atoms with Crippen LogP contribution in [0.4, 0.5) is 4.79 Å². The van der Waals surface area contributed by atoms with Crippen LogP contribution in [0.1, 0.15) is 39.0 Å². The monoisotopic (exact) mass is 299 g/mol. The van der Waals surface area contributed by atoms with E-state index in [-0.39, 0.29) is 30.8 Å². The number of carboxylic acids is 1. The van der Waals surface area contributed by atoms with Crippen LogP contribution in [0.3, 0.4) is 0 Å². The molecule has 3 N–H and O–H groups in total. The quantitative estimate of drug-likeness (QED) is 0.675. The third-order valence-electron chi connectivity index (χ3n) is 4.01. The molecule has 0 aromatic carbocycles. The normalized spacial score (nSPS) is 17.9. The van der Waals surface area contributed by atoms with E-state index in [4.69, 9.17) is 5.11 Å². The van der Waals surface area contributed by atoms with E-state index in [0.717, 1.165) is 12.8 Å². The molecule has 21 heavy (non-hydrogen) atoms. The zero-order chi connectivity index (χ0) is 16.0. The molecule has 120 valence electrons. The molecule has 1 rings (SSSR count). The molecule has 0 aliphatic heterocycles. The fourth-order valence-electron chi connectivity index (χ4n) is 2.83. The van der Waals surface area contributed by atoms with Crippen LogP contribution in [-0.2, 0) is 9.59 Å². The van der Waals surface area contributed by atoms with Crippen molar-refractivity contribution in [1.82, 2.24) is 15.5 Å². The third-order valence-corrected chi connectivity index (χ3v) is 4.01. The smallest absolute Gasteiger partial charge is 0.317 e. The molecule has 1 fully saturated rings. The van der Waals surface area contributed by atoms with E-state index in [1.807, 2.05) is 0 Å². The van der Waals surface area contributed by atoms with E-state index in [2.05, 4.69) is 10.6 Å². The molecule has 0 aromatic heterocycles. The molecule has 0 aromatic rings. The topological polar surface area (TPSA) is 98.7 Å². The molecule has 7 nitrogen and oxygen atoms in total. The molecule has 0 radical (unpaired) electrons. The second-order valence-electron chi connectivity index (χ2n) is 5.88. The lowest BCUT2D eigenvalue weighted by atomic mass is 9.93. The second-order valence-corrected chi connectivity index (χ2v) is 5.88. The van der Waals surface area contributed by atoms with Crippen LogP contribution in [0.25, 0.3) is 0 Å². The Balaban J connectivity index is 2.61. The van der Waals surface area contributed by atoms with Gasteiger partial charge in [0, 0.05) is 20.6 Å². The van der Waals surface area contributed by atoms with Gasteiger partial charge in [-0.2, -0.15) is 0 Å². The first-order valence-corrected chi connectivity index (χ1v) is 7.26. The Morgan fingerprint density at radius 1 is 1.29 bits per heavy atom. The van der Waals surface area contributed by atoms with Gasteiger partial charge in [0.15, 0.2) is 0 Å². The van der Waals surface area contributed by atoms with E-state index in [1.54, 1.807) is 21.0 Å². The predicted molar refractivity (Wildman–Crippen MR) is 77.8 cm³/mol. The summed E-state index contributed by atoms with van der Waals surface area (Å²) in [6.45, 7) is 2.03. The Hall–Kier alpha value is -1.79. The van der Waals surface area contributed by atoms with Crippen molar-refractivity contribution in [3.8, 4) is 0 Å². The zero-order valence-corrected chi connectivity index (χ0v) is 12.9. The van der Waals surface area contributed by atoms with Gasteiger partial charge in [-0.1, -0.05) is 19.8 Å². The maximum atomic E-state index is 12.2. The van der Waals surface area contributed by atoms with Crippen molar-refractivity contribution in [2.45, 2.75) is 44.6 Å². The van der Waals surface area contributed by atoms with E-state index in [9.17, 15) is 14.4 Å². The molecule has 1 atom stereocenters. The SMILES string of the molecule is CNC(=O)C(C)CN(C)C(=O)NC1(CC(=O)O)CCCC1. The fourth-order valence-corrected chi connectivity index (χ4v) is 2.83. The number of carbonyl (C=O) groups excluding carboxylic acids is 2. The molecule has 7 heteroatoms. The van der Waals surface area contributed by atoms with Crippen molar-refractivity contribution < 1.29 is 19.5 Å². The number of hydrogen-bond acceptors (Lipinski definition) is 3. The minimum atomic E-state index is -0.904. The van der Waals surface area contributed by atoms with E-state index in [1.165, 1.54) is 4.90 Å². The van der Waals surface area contributed by atoms with E-state index in [0.29, 0.717) is 12.8 Å². The van der Waals surface area contributed by atoms with Crippen molar-refractivity contribution in [2.75, 3.05) is 20.6 Å². The summed E-state index contributed by atoms with van der Waals surface area (Å²) < 4.78 is 0. The van der Waals surface area contributed by atoms with Gasteiger partial charge in [0.2, 0.25) is 5.91 Å². The summed E-state index contributed by atoms with van der Waals surface area (Å²) in [5.41, 5.74) is -0.645. The van der Waals surface area contributed by atoms with Crippen LogP contribution in [0.2, 0.25) is 0 Å². The minimum absolute atomic E-state index is 0.0580. The summed E-state index contributed by atoms with van der Waals surface area (Å²) in [6, 6.07) is -0.325. The fraction of sp³-hybridized carbons (Fsp3) is 0.786. The number of rotatable bonds is 6. The Morgan fingerprint density at radius 3 is 2.33 bits per heavy atom. The number of nitrogens with zero attached hydrogens (tertiary/aromatic N) is 1. The van der Waals surface area contributed by atoms with Gasteiger partial charge in [0.1, 0.15) is 0 Å². The summed E-state index contributed by atoms with van der Waals surface area (Å²) in [6.07, 6.45) is 3.16. The lowest BCUT2D eigenvalue weighted by Gasteiger charge is -2.32. The summed E-state index contributed by atoms with van der Waals surface area (Å²) in [5.74, 6) is -1.35. The van der Waals surface area contributed by atoms with Crippen molar-refractivity contribution in [2.24, 2.45) is 5.92 Å². The lowest BCUT2D eigenvalue weighted by Crippen LogP contribution is -2.53. The van der Waals surface area contributed by atoms with E-state index < -0.39 is 11.5 Å². The molecule has 0 bridgehead atoms. The average Bonchev–Trinajstić information content (AvgIpc) is 2.84. The highest BCUT2D eigenvalue weighted by molar-refractivity contribution is 5.80. The Morgan fingerprint density at radius 2 is 1.86 bits per heavy atom. The van der Waals surface area contributed by atoms with Crippen LogP contribution in [-0.4, -0.2) is 54.1 Å². The first kappa shape index (κ1) is 17.3. The number of amides is 3. The maximum absolute atomic E-state index is 12.2. The summed E-state index contributed by atoms with van der Waals surface area (Å²) in [4.78, 5) is 36.1. The molecule has 0 heterocycles. The van der Waals surface area contributed by atoms with Crippen molar-refractivity contribution in [3.63, 3.8) is 0 Å². The molecular formula is C14H25N3O4. The van der Waals surface area contributed by atoms with Crippen LogP contribution in [0, 0.1) is 5.92 Å². The molecule has 3 amide bonds. The third kappa shape index (κ3) is 4.91. The minimum Gasteiger partial charge on any atom is -0.481 e. The molecular weight excluding hydrogens is 274 g/mol. The van der Waals surface area contributed by atoms with Crippen LogP contribution in [0.5, 0.6) is 0 Å². The van der Waals surface area contributed by atoms with Crippen molar-refractivity contribution in [3.05, 3.63) is 0 Å². The largest absolute Gasteiger partial charge is 0.481 e. The van der Waals surface area contributed by atoms with Crippen molar-refractivity contribution in [1.29, 1.82) is 0 Å². The Labute approximate surface area is 125 Å². The average molecular weight is 299 g/mol. The highest BCUT2D eigenvalue weighted by Crippen LogP contribution is 2.32. The zero-order valence-electron chi connectivity index (χ0n) is 12.9. The van der Waals surface area contributed by atoms with Crippen LogP contribution in [0.15, 0.2) is 0 Å². The van der Waals surface area contributed by atoms with Gasteiger partial charge in [-0.05, 0) is 12.8 Å². The van der Waals surface area contributed by atoms with Gasteiger partial charge < -0.3 is 20.6 Å². The van der Waals surface area contributed by atoms with E-state index >= 15 is 0 Å². The van der Waals surface area contributed by atoms with Crippen LogP contribution >= 0.6 is 0 Å². The van der Waals surface area contributed by atoms with Crippen LogP contribution < -0.4 is 10.6 Å². The number of nitrogens with one attached hydrogen (secondary N) is 2. The number of carbonyl (C=O) groups is 3. The summed E-state index contributed by atoms with van der Waals surface area (Å²) in [7, 11) is 3.16. The van der Waals surface area contributed by atoms with Gasteiger partial charge in [-0.3, -0.25) is 9.59 Å². The molecule has 1 aliphatic rings. The Bertz CT molecular complexity index is 405. The van der Waals surface area contributed by atoms with Gasteiger partial charge >= 0.3 is 12.0 Å². The molecule has 0 spiro atoms. The summed E-state index contributed by atoms with van der Waals surface area (Å²) >= 11 is 0. The van der Waals surface area contributed by atoms with Gasteiger partial charge in [0.25, 0.3) is 0 Å². The number of hydrogen-bond donors (Lipinski definition) is 3. The number of aliphatic carboxylic acids is 1. The second kappa shape index (κ2) is 7.28. The van der Waals surface area contributed by atoms with Gasteiger partial charge in [0.05, 0.1) is 17.9 Å². The number of carboxylic acid groups (broad SMARTS) is 1. The summed E-state index contributed by atoms with van der Waals surface area (Å²) in [5, 5.41) is 14.4. The van der Waals surface area contributed by atoms with Gasteiger partial charge in [-0.15, -0.1) is 0 Å². The lowest BCUT2D eigenvalue weighted by molar-refractivity contribution is -0.138. The molecule has 1 saturated carbocycles. The number of urea groups is 1. The van der Waals surface area contributed by atoms with Gasteiger partial charge in [-0.25, -0.2) is 4.79 Å². The first-order valence-electron chi connectivity index (χ1n) is 7.26. The van der Waals surface area contributed by atoms with Crippen molar-refractivity contribution >= 4 is 17.9 Å².